The molecular formula is C24H27N5O3S. The van der Waals surface area contributed by atoms with Gasteiger partial charge in [-0.25, -0.2) is 0 Å². The lowest BCUT2D eigenvalue weighted by Crippen LogP contribution is -2.20. The van der Waals surface area contributed by atoms with Crippen LogP contribution in [0.4, 0.5) is 11.4 Å². The van der Waals surface area contributed by atoms with Gasteiger partial charge in [0.2, 0.25) is 11.8 Å². The lowest BCUT2D eigenvalue weighted by atomic mass is 10.1. The number of amides is 2. The number of benzene rings is 2. The summed E-state index contributed by atoms with van der Waals surface area (Å²) in [7, 11) is 0. The van der Waals surface area contributed by atoms with Crippen LogP contribution < -0.4 is 16.2 Å². The van der Waals surface area contributed by atoms with Crippen molar-refractivity contribution in [1.29, 1.82) is 0 Å². The molecule has 3 aromatic rings. The first-order valence-corrected chi connectivity index (χ1v) is 11.7. The van der Waals surface area contributed by atoms with Gasteiger partial charge >= 0.3 is 0 Å². The number of H-pyrrole nitrogens is 1. The average molecular weight is 466 g/mol. The van der Waals surface area contributed by atoms with E-state index in [1.807, 2.05) is 32.0 Å². The Morgan fingerprint density at radius 2 is 1.82 bits per heavy atom. The van der Waals surface area contributed by atoms with Gasteiger partial charge in [-0.05, 0) is 30.5 Å². The molecule has 1 heterocycles. The van der Waals surface area contributed by atoms with Crippen molar-refractivity contribution in [2.24, 2.45) is 5.92 Å². The molecule has 0 spiro atoms. The third-order valence-electron chi connectivity index (χ3n) is 4.99. The number of carbonyl (C=O) groups excluding carboxylic acids is 2. The highest BCUT2D eigenvalue weighted by molar-refractivity contribution is 7.99. The SMILES string of the molecule is CCc1cccc(C)c1NC(=O)CSc1nnc(-c2ccccc2NC(=O)C(C)C)c(=O)[nH]1. The lowest BCUT2D eigenvalue weighted by molar-refractivity contribution is -0.119. The summed E-state index contributed by atoms with van der Waals surface area (Å²) in [5, 5.41) is 14.1. The number of anilines is 2. The largest absolute Gasteiger partial charge is 0.325 e. The van der Waals surface area contributed by atoms with Gasteiger partial charge in [0, 0.05) is 17.2 Å². The minimum atomic E-state index is -0.452. The van der Waals surface area contributed by atoms with Crippen molar-refractivity contribution in [3.63, 3.8) is 0 Å². The molecule has 0 atom stereocenters. The zero-order valence-corrected chi connectivity index (χ0v) is 19.9. The molecular weight excluding hydrogens is 438 g/mol. The predicted octanol–water partition coefficient (Wildman–Crippen LogP) is 4.03. The molecule has 33 heavy (non-hydrogen) atoms. The van der Waals surface area contributed by atoms with E-state index in [1.165, 1.54) is 0 Å². The number of carbonyl (C=O) groups is 2. The normalized spacial score (nSPS) is 10.8. The van der Waals surface area contributed by atoms with Gasteiger partial charge in [-0.15, -0.1) is 10.2 Å². The van der Waals surface area contributed by atoms with Gasteiger partial charge in [0.15, 0.2) is 10.9 Å². The van der Waals surface area contributed by atoms with Crippen molar-refractivity contribution < 1.29 is 9.59 Å². The fourth-order valence-corrected chi connectivity index (χ4v) is 3.75. The van der Waals surface area contributed by atoms with Gasteiger partial charge in [0.05, 0.1) is 11.4 Å². The highest BCUT2D eigenvalue weighted by Gasteiger charge is 2.16. The van der Waals surface area contributed by atoms with Crippen molar-refractivity contribution in [1.82, 2.24) is 15.2 Å². The summed E-state index contributed by atoms with van der Waals surface area (Å²) >= 11 is 1.09. The fraction of sp³-hybridized carbons (Fsp3) is 0.292. The summed E-state index contributed by atoms with van der Waals surface area (Å²) in [5.74, 6) is -0.495. The van der Waals surface area contributed by atoms with Crippen molar-refractivity contribution in [3.8, 4) is 11.3 Å². The van der Waals surface area contributed by atoms with Crippen LogP contribution in [0.3, 0.4) is 0 Å². The van der Waals surface area contributed by atoms with Crippen LogP contribution in [-0.4, -0.2) is 32.7 Å². The molecule has 0 aliphatic heterocycles. The maximum atomic E-state index is 12.7. The van der Waals surface area contributed by atoms with Crippen LogP contribution >= 0.6 is 11.8 Å². The van der Waals surface area contributed by atoms with Crippen molar-refractivity contribution in [2.75, 3.05) is 16.4 Å². The molecule has 2 aromatic carbocycles. The molecule has 0 bridgehead atoms. The first-order valence-electron chi connectivity index (χ1n) is 10.7. The van der Waals surface area contributed by atoms with E-state index in [0.29, 0.717) is 11.3 Å². The third kappa shape index (κ3) is 6.07. The maximum Gasteiger partial charge on any atom is 0.278 e. The highest BCUT2D eigenvalue weighted by Crippen LogP contribution is 2.25. The molecule has 0 saturated heterocycles. The Labute approximate surface area is 196 Å². The zero-order valence-electron chi connectivity index (χ0n) is 19.1. The van der Waals surface area contributed by atoms with Crippen LogP contribution in [0.2, 0.25) is 0 Å². The predicted molar refractivity (Wildman–Crippen MR) is 131 cm³/mol. The first kappa shape index (κ1) is 24.2. The van der Waals surface area contributed by atoms with E-state index in [0.717, 1.165) is 35.0 Å². The smallest absolute Gasteiger partial charge is 0.278 e. The topological polar surface area (TPSA) is 117 Å². The number of nitrogens with zero attached hydrogens (tertiary/aromatic N) is 2. The van der Waals surface area contributed by atoms with E-state index in [-0.39, 0.29) is 34.3 Å². The second-order valence-corrected chi connectivity index (χ2v) is 8.76. The second kappa shape index (κ2) is 10.9. The van der Waals surface area contributed by atoms with Gasteiger partial charge < -0.3 is 10.6 Å². The number of aryl methyl sites for hydroxylation is 2. The number of aromatic amines is 1. The first-order chi connectivity index (χ1) is 15.8. The number of hydrogen-bond acceptors (Lipinski definition) is 6. The van der Waals surface area contributed by atoms with Gasteiger partial charge in [-0.3, -0.25) is 19.4 Å². The molecule has 0 aliphatic rings. The molecule has 0 fully saturated rings. The molecule has 0 saturated carbocycles. The van der Waals surface area contributed by atoms with E-state index in [2.05, 4.69) is 25.8 Å². The van der Waals surface area contributed by atoms with Crippen LogP contribution in [0, 0.1) is 12.8 Å². The van der Waals surface area contributed by atoms with E-state index in [4.69, 9.17) is 0 Å². The molecule has 0 radical (unpaired) electrons. The molecule has 0 unspecified atom stereocenters. The van der Waals surface area contributed by atoms with Crippen LogP contribution in [0.1, 0.15) is 31.9 Å². The maximum absolute atomic E-state index is 12.7. The second-order valence-electron chi connectivity index (χ2n) is 7.80. The summed E-state index contributed by atoms with van der Waals surface area (Å²) in [4.78, 5) is 39.9. The van der Waals surface area contributed by atoms with Crippen LogP contribution in [0.5, 0.6) is 0 Å². The Kier molecular flexibility index (Phi) is 8.00. The quantitative estimate of drug-likeness (QED) is 0.433. The lowest BCUT2D eigenvalue weighted by Gasteiger charge is -2.13. The summed E-state index contributed by atoms with van der Waals surface area (Å²) in [6, 6.07) is 12.8. The average Bonchev–Trinajstić information content (AvgIpc) is 2.79. The molecule has 3 N–H and O–H groups in total. The van der Waals surface area contributed by atoms with E-state index < -0.39 is 5.56 Å². The number of para-hydroxylation sites is 2. The summed E-state index contributed by atoms with van der Waals surface area (Å²) in [5.41, 5.74) is 3.48. The molecule has 0 aliphatic carbocycles. The molecule has 3 rings (SSSR count). The highest BCUT2D eigenvalue weighted by atomic mass is 32.2. The van der Waals surface area contributed by atoms with E-state index >= 15 is 0 Å². The van der Waals surface area contributed by atoms with Gasteiger partial charge in [0.25, 0.3) is 5.56 Å². The Hall–Kier alpha value is -3.46. The molecule has 2 amide bonds. The van der Waals surface area contributed by atoms with Gasteiger partial charge in [0.1, 0.15) is 0 Å². The van der Waals surface area contributed by atoms with Crippen molar-refractivity contribution >= 4 is 35.0 Å². The monoisotopic (exact) mass is 465 g/mol. The minimum Gasteiger partial charge on any atom is -0.325 e. The summed E-state index contributed by atoms with van der Waals surface area (Å²) in [6.07, 6.45) is 0.809. The van der Waals surface area contributed by atoms with Crippen molar-refractivity contribution in [3.05, 3.63) is 63.9 Å². The number of nitrogens with one attached hydrogen (secondary N) is 3. The van der Waals surface area contributed by atoms with Gasteiger partial charge in [-0.2, -0.15) is 0 Å². The van der Waals surface area contributed by atoms with Crippen LogP contribution in [0.15, 0.2) is 52.4 Å². The molecule has 9 heteroatoms. The standard InChI is InChI=1S/C24H27N5O3S/c1-5-16-10-8-9-15(4)20(16)26-19(30)13-33-24-27-23(32)21(28-29-24)17-11-6-7-12-18(17)25-22(31)14(2)3/h6-12,14H,5,13H2,1-4H3,(H,25,31)(H,26,30)(H,27,29,32). The number of rotatable bonds is 8. The fourth-order valence-electron chi connectivity index (χ4n) is 3.15. The summed E-state index contributed by atoms with van der Waals surface area (Å²) in [6.45, 7) is 7.56. The third-order valence-corrected chi connectivity index (χ3v) is 5.85. The number of hydrogen-bond donors (Lipinski definition) is 3. The Balaban J connectivity index is 1.72. The Bertz CT molecular complexity index is 1220. The Morgan fingerprint density at radius 1 is 1.06 bits per heavy atom. The van der Waals surface area contributed by atoms with Gasteiger partial charge in [-0.1, -0.05) is 68.9 Å². The molecule has 172 valence electrons. The zero-order chi connectivity index (χ0) is 24.0. The molecule has 8 nitrogen and oxygen atoms in total. The van der Waals surface area contributed by atoms with Crippen LogP contribution in [0.25, 0.3) is 11.3 Å². The van der Waals surface area contributed by atoms with Crippen LogP contribution in [-0.2, 0) is 16.0 Å². The molecule has 1 aromatic heterocycles. The number of aromatic nitrogens is 3. The summed E-state index contributed by atoms with van der Waals surface area (Å²) < 4.78 is 0. The number of thioether (sulfide) groups is 1. The van der Waals surface area contributed by atoms with E-state index in [9.17, 15) is 14.4 Å². The Morgan fingerprint density at radius 3 is 2.52 bits per heavy atom. The van der Waals surface area contributed by atoms with Crippen molar-refractivity contribution in [2.45, 2.75) is 39.3 Å². The van der Waals surface area contributed by atoms with E-state index in [1.54, 1.807) is 38.1 Å². The minimum absolute atomic E-state index is 0.0719.